The number of quaternary nitrogens is 1. The summed E-state index contributed by atoms with van der Waals surface area (Å²) in [6.07, 6.45) is 0. The normalized spacial score (nSPS) is 17.2. The van der Waals surface area contributed by atoms with Crippen molar-refractivity contribution < 1.29 is 23.1 Å². The Kier molecular flexibility index (Phi) is 5.19. The summed E-state index contributed by atoms with van der Waals surface area (Å²) in [5.41, 5.74) is -0.116. The molecule has 0 saturated carbocycles. The van der Waals surface area contributed by atoms with Crippen LogP contribution in [0.3, 0.4) is 0 Å². The maximum absolute atomic E-state index is 12.7. The van der Waals surface area contributed by atoms with Crippen LogP contribution in [-0.2, 0) is 14.9 Å². The maximum Gasteiger partial charge on any atom is 0.296 e. The van der Waals surface area contributed by atoms with E-state index in [0.717, 1.165) is 6.07 Å². The number of likely N-dealkylation sites (N-methyl/N-ethyl adjacent to an activating group) is 1. The predicted molar refractivity (Wildman–Crippen MR) is 83.9 cm³/mol. The highest BCUT2D eigenvalue weighted by Gasteiger charge is 2.31. The molecule has 128 valence electrons. The first-order valence-corrected chi connectivity index (χ1v) is 8.59. The standard InChI is InChI=1S/C13H20N4O5S/c1-14-6-8-16(9-7-14)23(20,21)11-4-5-12(15(2)22-3)13(10-11)17(18)19/h4-5,10H,6-9H2,1-3H3/p+1. The second-order valence-electron chi connectivity index (χ2n) is 5.45. The first-order chi connectivity index (χ1) is 10.8. The lowest BCUT2D eigenvalue weighted by Gasteiger charge is -2.29. The molecule has 0 amide bonds. The summed E-state index contributed by atoms with van der Waals surface area (Å²) in [7, 11) is 1.16. The van der Waals surface area contributed by atoms with E-state index in [9.17, 15) is 18.5 Å². The van der Waals surface area contributed by atoms with Crippen molar-refractivity contribution in [3.63, 3.8) is 0 Å². The topological polar surface area (TPSA) is 97.4 Å². The Balaban J connectivity index is 2.39. The number of benzene rings is 1. The summed E-state index contributed by atoms with van der Waals surface area (Å²) in [5, 5.41) is 12.5. The van der Waals surface area contributed by atoms with Gasteiger partial charge in [0, 0.05) is 13.1 Å². The van der Waals surface area contributed by atoms with Crippen molar-refractivity contribution in [2.24, 2.45) is 0 Å². The largest absolute Gasteiger partial charge is 0.335 e. The Morgan fingerprint density at radius 2 is 1.96 bits per heavy atom. The number of rotatable bonds is 5. The molecule has 9 nitrogen and oxygen atoms in total. The van der Waals surface area contributed by atoms with Crippen LogP contribution in [0, 0.1) is 10.1 Å². The highest BCUT2D eigenvalue weighted by molar-refractivity contribution is 7.89. The highest BCUT2D eigenvalue weighted by atomic mass is 32.2. The fraction of sp³-hybridized carbons (Fsp3) is 0.538. The van der Waals surface area contributed by atoms with Gasteiger partial charge in [-0.15, -0.1) is 0 Å². The van der Waals surface area contributed by atoms with Crippen molar-refractivity contribution in [3.05, 3.63) is 28.3 Å². The number of nitro benzene ring substituents is 1. The minimum absolute atomic E-state index is 0.0722. The zero-order chi connectivity index (χ0) is 17.2. The van der Waals surface area contributed by atoms with Crippen LogP contribution in [0.4, 0.5) is 11.4 Å². The molecule has 1 aliphatic heterocycles. The number of nitrogens with one attached hydrogen (secondary N) is 1. The van der Waals surface area contributed by atoms with E-state index >= 15 is 0 Å². The van der Waals surface area contributed by atoms with Gasteiger partial charge in [0.15, 0.2) is 0 Å². The number of anilines is 1. The van der Waals surface area contributed by atoms with Gasteiger partial charge in [0.05, 0.1) is 50.2 Å². The molecule has 0 radical (unpaired) electrons. The molecule has 2 rings (SSSR count). The van der Waals surface area contributed by atoms with Crippen LogP contribution in [0.15, 0.2) is 23.1 Å². The Labute approximate surface area is 135 Å². The number of nitrogens with zero attached hydrogens (tertiary/aromatic N) is 3. The molecule has 1 heterocycles. The minimum atomic E-state index is -3.73. The van der Waals surface area contributed by atoms with Crippen LogP contribution >= 0.6 is 0 Å². The van der Waals surface area contributed by atoms with Crippen molar-refractivity contribution in [3.8, 4) is 0 Å². The Morgan fingerprint density at radius 1 is 1.35 bits per heavy atom. The van der Waals surface area contributed by atoms with Gasteiger partial charge in [-0.05, 0) is 12.1 Å². The molecule has 0 atom stereocenters. The monoisotopic (exact) mass is 345 g/mol. The highest BCUT2D eigenvalue weighted by Crippen LogP contribution is 2.31. The molecule has 0 unspecified atom stereocenters. The van der Waals surface area contributed by atoms with E-state index in [0.29, 0.717) is 26.2 Å². The van der Waals surface area contributed by atoms with Crippen molar-refractivity contribution in [1.82, 2.24) is 4.31 Å². The van der Waals surface area contributed by atoms with Gasteiger partial charge in [0.25, 0.3) is 5.69 Å². The van der Waals surface area contributed by atoms with Gasteiger partial charge in [-0.25, -0.2) is 8.42 Å². The number of hydrogen-bond donors (Lipinski definition) is 1. The van der Waals surface area contributed by atoms with E-state index in [2.05, 4.69) is 0 Å². The zero-order valence-corrected chi connectivity index (χ0v) is 14.2. The molecule has 0 spiro atoms. The predicted octanol–water partition coefficient (Wildman–Crippen LogP) is -0.889. The third-order valence-corrected chi connectivity index (χ3v) is 5.87. The van der Waals surface area contributed by atoms with Crippen molar-refractivity contribution in [2.45, 2.75) is 4.90 Å². The van der Waals surface area contributed by atoms with Gasteiger partial charge in [-0.1, -0.05) is 0 Å². The number of nitro groups is 1. The van der Waals surface area contributed by atoms with E-state index in [1.54, 1.807) is 0 Å². The first kappa shape index (κ1) is 17.6. The lowest BCUT2D eigenvalue weighted by molar-refractivity contribution is -0.883. The summed E-state index contributed by atoms with van der Waals surface area (Å²) in [4.78, 5) is 16.8. The van der Waals surface area contributed by atoms with Crippen LogP contribution in [0.1, 0.15) is 0 Å². The quantitative estimate of drug-likeness (QED) is 0.549. The molecule has 1 aromatic rings. The fourth-order valence-electron chi connectivity index (χ4n) is 2.43. The van der Waals surface area contributed by atoms with Crippen LogP contribution in [0.2, 0.25) is 0 Å². The molecule has 1 fully saturated rings. The van der Waals surface area contributed by atoms with E-state index < -0.39 is 14.9 Å². The van der Waals surface area contributed by atoms with Crippen molar-refractivity contribution in [1.29, 1.82) is 0 Å². The molecule has 0 aliphatic carbocycles. The Bertz CT molecular complexity index is 686. The van der Waals surface area contributed by atoms with Gasteiger partial charge in [-0.2, -0.15) is 4.31 Å². The smallest absolute Gasteiger partial charge is 0.296 e. The van der Waals surface area contributed by atoms with E-state index in [4.69, 9.17) is 4.84 Å². The van der Waals surface area contributed by atoms with Gasteiger partial charge in [-0.3, -0.25) is 20.0 Å². The van der Waals surface area contributed by atoms with Crippen molar-refractivity contribution >= 4 is 21.4 Å². The fourth-order valence-corrected chi connectivity index (χ4v) is 3.89. The molecule has 0 aromatic heterocycles. The van der Waals surface area contributed by atoms with Gasteiger partial charge in [0.1, 0.15) is 5.69 Å². The van der Waals surface area contributed by atoms with Crippen LogP contribution in [-0.4, -0.2) is 65.0 Å². The molecule has 1 N–H and O–H groups in total. The molecule has 23 heavy (non-hydrogen) atoms. The zero-order valence-electron chi connectivity index (χ0n) is 13.4. The van der Waals surface area contributed by atoms with Gasteiger partial charge < -0.3 is 4.90 Å². The van der Waals surface area contributed by atoms with E-state index in [1.165, 1.54) is 40.6 Å². The number of hydroxylamine groups is 1. The third-order valence-electron chi connectivity index (χ3n) is 3.97. The molecule has 10 heteroatoms. The SMILES string of the molecule is CON(C)c1ccc(S(=O)(=O)N2CC[NH+](C)CC2)cc1[N+](=O)[O-]. The maximum atomic E-state index is 12.7. The lowest BCUT2D eigenvalue weighted by Crippen LogP contribution is -3.12. The van der Waals surface area contributed by atoms with Crippen LogP contribution < -0.4 is 9.96 Å². The summed E-state index contributed by atoms with van der Waals surface area (Å²) < 4.78 is 26.7. The van der Waals surface area contributed by atoms with Gasteiger partial charge >= 0.3 is 0 Å². The lowest BCUT2D eigenvalue weighted by atomic mass is 10.2. The molecular weight excluding hydrogens is 324 g/mol. The summed E-state index contributed by atoms with van der Waals surface area (Å²) in [5.74, 6) is 0. The molecule has 1 saturated heterocycles. The average Bonchev–Trinajstić information content (AvgIpc) is 2.53. The molecule has 0 bridgehead atoms. The van der Waals surface area contributed by atoms with Gasteiger partial charge in [0.2, 0.25) is 10.0 Å². The van der Waals surface area contributed by atoms with Crippen LogP contribution in [0.5, 0.6) is 0 Å². The second-order valence-corrected chi connectivity index (χ2v) is 7.39. The van der Waals surface area contributed by atoms with E-state index in [-0.39, 0.29) is 16.3 Å². The molecular formula is C13H21N4O5S+. The van der Waals surface area contributed by atoms with Crippen LogP contribution in [0.25, 0.3) is 0 Å². The average molecular weight is 345 g/mol. The van der Waals surface area contributed by atoms with E-state index in [1.807, 2.05) is 7.05 Å². The molecule has 1 aromatic carbocycles. The Morgan fingerprint density at radius 3 is 2.48 bits per heavy atom. The second kappa shape index (κ2) is 6.79. The molecule has 1 aliphatic rings. The van der Waals surface area contributed by atoms with Crippen molar-refractivity contribution in [2.75, 3.05) is 52.4 Å². The minimum Gasteiger partial charge on any atom is -0.335 e. The third kappa shape index (κ3) is 3.61. The summed E-state index contributed by atoms with van der Waals surface area (Å²) >= 11 is 0. The Hall–Kier alpha value is -1.75. The first-order valence-electron chi connectivity index (χ1n) is 7.15. The summed E-state index contributed by atoms with van der Waals surface area (Å²) in [6, 6.07) is 3.85. The number of piperazine rings is 1. The number of hydrogen-bond acceptors (Lipinski definition) is 6. The summed E-state index contributed by atoms with van der Waals surface area (Å²) in [6.45, 7) is 2.24. The number of sulfonamides is 1.